The summed E-state index contributed by atoms with van der Waals surface area (Å²) < 4.78 is 5.65. The van der Waals surface area contributed by atoms with Crippen LogP contribution in [0.1, 0.15) is 99.5 Å². The highest BCUT2D eigenvalue weighted by atomic mass is 16.5. The highest BCUT2D eigenvalue weighted by Crippen LogP contribution is 2.40. The van der Waals surface area contributed by atoms with Gasteiger partial charge in [-0.1, -0.05) is 49.6 Å². The van der Waals surface area contributed by atoms with Crippen LogP contribution in [0.5, 0.6) is 5.75 Å². The lowest BCUT2D eigenvalue weighted by atomic mass is 9.74. The Balaban J connectivity index is 1.26. The monoisotopic (exact) mass is 514 g/mol. The van der Waals surface area contributed by atoms with Crippen molar-refractivity contribution in [3.8, 4) is 5.75 Å². The summed E-state index contributed by atoms with van der Waals surface area (Å²) >= 11 is 0. The topological polar surface area (TPSA) is 60.4 Å². The second-order valence-corrected chi connectivity index (χ2v) is 12.3. The second-order valence-electron chi connectivity index (χ2n) is 12.3. The molecular weight excluding hydrogens is 472 g/mol. The van der Waals surface area contributed by atoms with Crippen LogP contribution in [0.2, 0.25) is 0 Å². The van der Waals surface area contributed by atoms with Crippen molar-refractivity contribution in [1.82, 2.24) is 0 Å². The molecule has 2 saturated carbocycles. The maximum absolute atomic E-state index is 13.7. The number of Topliss-reactive ketones (excluding diaryl/α,β-unsaturated/α-hetero) is 3. The van der Waals surface area contributed by atoms with Crippen LogP contribution >= 0.6 is 0 Å². The number of methoxy groups -OCH3 is 1. The number of ketones is 3. The Kier molecular flexibility index (Phi) is 8.16. The first-order chi connectivity index (χ1) is 18.3. The Bertz CT molecular complexity index is 1180. The lowest BCUT2D eigenvalue weighted by molar-refractivity contribution is -0.136. The summed E-state index contributed by atoms with van der Waals surface area (Å²) in [6.07, 6.45) is 19.3. The van der Waals surface area contributed by atoms with Crippen LogP contribution in [0.3, 0.4) is 0 Å². The summed E-state index contributed by atoms with van der Waals surface area (Å²) in [6, 6.07) is 3.75. The Hall–Kier alpha value is -2.75. The fraction of sp³-hybridized carbons (Fsp3) is 0.559. The molecule has 0 radical (unpaired) electrons. The number of benzene rings is 1. The first-order valence-electron chi connectivity index (χ1n) is 14.7. The van der Waals surface area contributed by atoms with Gasteiger partial charge in [0.2, 0.25) is 11.6 Å². The lowest BCUT2D eigenvalue weighted by Gasteiger charge is -2.30. The van der Waals surface area contributed by atoms with Gasteiger partial charge in [-0.05, 0) is 106 Å². The van der Waals surface area contributed by atoms with Gasteiger partial charge in [0.05, 0.1) is 12.7 Å². The number of allylic oxidation sites excluding steroid dienone is 6. The molecule has 38 heavy (non-hydrogen) atoms. The predicted octanol–water partition coefficient (Wildman–Crippen LogP) is 7.50. The maximum atomic E-state index is 13.7. The minimum Gasteiger partial charge on any atom is -0.496 e. The predicted molar refractivity (Wildman–Crippen MR) is 151 cm³/mol. The average Bonchev–Trinajstić information content (AvgIpc) is 3.36. The standard InChI is InChI=1S/C34H42O4/c1-21-4-8-23(9-5-21)18-24-10-14-25(15-11-24)32(35)30-20-29-27(19-31(30)38-3)16-17-28(29)34(37)33(36)26-12-6-22(2)7-13-26/h4-5,8,17,19-20,22-26H,6-7,9-16,18H2,1-3H3. The van der Waals surface area contributed by atoms with Crippen LogP contribution < -0.4 is 4.74 Å². The molecule has 0 saturated heterocycles. The van der Waals surface area contributed by atoms with Gasteiger partial charge in [-0.25, -0.2) is 0 Å². The zero-order chi connectivity index (χ0) is 26.8. The number of carbonyl (C=O) groups excluding carboxylic acids is 3. The van der Waals surface area contributed by atoms with E-state index in [4.69, 9.17) is 4.74 Å². The number of hydrogen-bond donors (Lipinski definition) is 0. The van der Waals surface area contributed by atoms with Gasteiger partial charge in [0, 0.05) is 17.4 Å². The molecule has 2 fully saturated rings. The zero-order valence-electron chi connectivity index (χ0n) is 23.3. The third-order valence-corrected chi connectivity index (χ3v) is 9.59. The van der Waals surface area contributed by atoms with E-state index in [2.05, 4.69) is 32.1 Å². The second kappa shape index (κ2) is 11.6. The SMILES string of the molecule is COc1cc2c(cc1C(=O)C1CCC(CC3C=CC(C)=CC3)CC1)C(C(=O)C(=O)C1CCC(C)CC1)=CC2. The summed E-state index contributed by atoms with van der Waals surface area (Å²) in [5.74, 6) is 1.80. The van der Waals surface area contributed by atoms with Crippen molar-refractivity contribution in [3.63, 3.8) is 0 Å². The molecule has 0 heterocycles. The van der Waals surface area contributed by atoms with Crippen LogP contribution in [0.25, 0.3) is 5.57 Å². The first kappa shape index (κ1) is 26.8. The number of fused-ring (bicyclic) bond motifs is 1. The highest BCUT2D eigenvalue weighted by molar-refractivity contribution is 6.54. The van der Waals surface area contributed by atoms with E-state index >= 15 is 0 Å². The van der Waals surface area contributed by atoms with Crippen molar-refractivity contribution >= 4 is 22.9 Å². The molecule has 0 N–H and O–H groups in total. The van der Waals surface area contributed by atoms with E-state index in [1.807, 2.05) is 18.2 Å². The van der Waals surface area contributed by atoms with Crippen molar-refractivity contribution < 1.29 is 19.1 Å². The molecule has 1 atom stereocenters. The molecule has 4 nitrogen and oxygen atoms in total. The van der Waals surface area contributed by atoms with Crippen molar-refractivity contribution in [1.29, 1.82) is 0 Å². The molecule has 0 aromatic heterocycles. The van der Waals surface area contributed by atoms with E-state index in [1.54, 1.807) is 7.11 Å². The molecule has 0 amide bonds. The van der Waals surface area contributed by atoms with Crippen molar-refractivity contribution in [2.45, 2.75) is 84.5 Å². The van der Waals surface area contributed by atoms with E-state index in [9.17, 15) is 14.4 Å². The van der Waals surface area contributed by atoms with Gasteiger partial charge in [-0.2, -0.15) is 0 Å². The molecule has 0 spiro atoms. The maximum Gasteiger partial charge on any atom is 0.229 e. The Morgan fingerprint density at radius 1 is 0.921 bits per heavy atom. The fourth-order valence-corrected chi connectivity index (χ4v) is 7.04. The summed E-state index contributed by atoms with van der Waals surface area (Å²) in [5, 5.41) is 0. The van der Waals surface area contributed by atoms with E-state index in [-0.39, 0.29) is 29.2 Å². The van der Waals surface area contributed by atoms with Crippen LogP contribution in [-0.4, -0.2) is 24.5 Å². The smallest absolute Gasteiger partial charge is 0.229 e. The third-order valence-electron chi connectivity index (χ3n) is 9.59. The van der Waals surface area contributed by atoms with Gasteiger partial charge in [0.15, 0.2) is 5.78 Å². The van der Waals surface area contributed by atoms with E-state index in [0.717, 1.165) is 68.9 Å². The molecule has 1 aromatic rings. The summed E-state index contributed by atoms with van der Waals surface area (Å²) in [4.78, 5) is 40.1. The van der Waals surface area contributed by atoms with Gasteiger partial charge in [0.25, 0.3) is 0 Å². The third kappa shape index (κ3) is 5.65. The van der Waals surface area contributed by atoms with Crippen molar-refractivity contribution in [2.24, 2.45) is 29.6 Å². The molecule has 4 aliphatic carbocycles. The van der Waals surface area contributed by atoms with E-state index < -0.39 is 0 Å². The number of hydrogen-bond acceptors (Lipinski definition) is 4. The summed E-state index contributed by atoms with van der Waals surface area (Å²) in [5.41, 5.74) is 4.10. The normalized spacial score (nSPS) is 28.8. The van der Waals surface area contributed by atoms with Crippen LogP contribution in [-0.2, 0) is 16.0 Å². The fourth-order valence-electron chi connectivity index (χ4n) is 7.04. The minimum absolute atomic E-state index is 0.0161. The molecule has 5 rings (SSSR count). The lowest BCUT2D eigenvalue weighted by Crippen LogP contribution is -2.28. The number of ether oxygens (including phenoxy) is 1. The number of rotatable bonds is 8. The van der Waals surface area contributed by atoms with Gasteiger partial charge >= 0.3 is 0 Å². The zero-order valence-corrected chi connectivity index (χ0v) is 23.3. The van der Waals surface area contributed by atoms with Gasteiger partial charge < -0.3 is 4.74 Å². The Morgan fingerprint density at radius 3 is 2.29 bits per heavy atom. The molecule has 1 unspecified atom stereocenters. The molecule has 0 aliphatic heterocycles. The molecule has 202 valence electrons. The molecule has 4 aliphatic rings. The minimum atomic E-state index is -0.380. The molecule has 0 bridgehead atoms. The van der Waals surface area contributed by atoms with Gasteiger partial charge in [-0.3, -0.25) is 14.4 Å². The van der Waals surface area contributed by atoms with E-state index in [1.165, 1.54) is 12.0 Å². The highest BCUT2D eigenvalue weighted by Gasteiger charge is 2.35. The number of carbonyl (C=O) groups is 3. The summed E-state index contributed by atoms with van der Waals surface area (Å²) in [7, 11) is 1.60. The quantitative estimate of drug-likeness (QED) is 0.266. The molecule has 1 aromatic carbocycles. The van der Waals surface area contributed by atoms with E-state index in [0.29, 0.717) is 41.1 Å². The Labute approximate surface area is 227 Å². The van der Waals surface area contributed by atoms with Crippen LogP contribution in [0.4, 0.5) is 0 Å². The van der Waals surface area contributed by atoms with Crippen molar-refractivity contribution in [3.05, 3.63) is 58.7 Å². The molecule has 4 heteroatoms. The molecular formula is C34H42O4. The van der Waals surface area contributed by atoms with Gasteiger partial charge in [-0.15, -0.1) is 0 Å². The van der Waals surface area contributed by atoms with Crippen molar-refractivity contribution in [2.75, 3.05) is 7.11 Å². The van der Waals surface area contributed by atoms with Crippen LogP contribution in [0.15, 0.2) is 42.0 Å². The summed E-state index contributed by atoms with van der Waals surface area (Å²) in [6.45, 7) is 4.36. The largest absolute Gasteiger partial charge is 0.496 e. The van der Waals surface area contributed by atoms with Gasteiger partial charge in [0.1, 0.15) is 5.75 Å². The van der Waals surface area contributed by atoms with Crippen LogP contribution in [0, 0.1) is 29.6 Å². The first-order valence-corrected chi connectivity index (χ1v) is 14.7. The Morgan fingerprint density at radius 2 is 1.63 bits per heavy atom. The average molecular weight is 515 g/mol.